The number of nitrogens with two attached hydrogens (primary N) is 1. The van der Waals surface area contributed by atoms with Gasteiger partial charge in [-0.25, -0.2) is 0 Å². The van der Waals surface area contributed by atoms with E-state index in [0.717, 1.165) is 16.5 Å². The molecule has 1 aliphatic rings. The lowest BCUT2D eigenvalue weighted by Gasteiger charge is -2.05. The van der Waals surface area contributed by atoms with Gasteiger partial charge in [-0.15, -0.1) is 10.2 Å². The molecule has 1 aromatic heterocycles. The average Bonchev–Trinajstić information content (AvgIpc) is 3.16. The number of nitrogens with zero attached hydrogens (tertiary/aromatic N) is 3. The van der Waals surface area contributed by atoms with Crippen molar-refractivity contribution in [1.29, 1.82) is 0 Å². The lowest BCUT2D eigenvalue weighted by molar-refractivity contribution is 0.1000. The van der Waals surface area contributed by atoms with Gasteiger partial charge in [0.05, 0.1) is 0 Å². The molecule has 6 heteroatoms. The standard InChI is InChI=1S/C13H14N4OS/c14-12(18)10-3-1-2-9(6-10)7-19-13-16-15-8-17(13)11-4-5-11/h1-3,6,8,11H,4-5,7H2,(H2,14,18). The van der Waals surface area contributed by atoms with Gasteiger partial charge in [-0.3, -0.25) is 4.79 Å². The lowest BCUT2D eigenvalue weighted by atomic mass is 10.1. The van der Waals surface area contributed by atoms with Crippen LogP contribution in [0, 0.1) is 0 Å². The van der Waals surface area contributed by atoms with Crippen LogP contribution >= 0.6 is 11.8 Å². The molecule has 19 heavy (non-hydrogen) atoms. The predicted molar refractivity (Wildman–Crippen MR) is 72.8 cm³/mol. The predicted octanol–water partition coefficient (Wildman–Crippen LogP) is 2.00. The van der Waals surface area contributed by atoms with Crippen LogP contribution in [0.15, 0.2) is 35.7 Å². The summed E-state index contributed by atoms with van der Waals surface area (Å²) in [5.74, 6) is 0.361. The molecule has 1 amide bonds. The maximum atomic E-state index is 11.1. The SMILES string of the molecule is NC(=O)c1cccc(CSc2nncn2C2CC2)c1. The van der Waals surface area contributed by atoms with Gasteiger partial charge in [0.2, 0.25) is 5.91 Å². The first-order chi connectivity index (χ1) is 9.24. The molecule has 1 fully saturated rings. The molecule has 0 spiro atoms. The van der Waals surface area contributed by atoms with Crippen LogP contribution < -0.4 is 5.73 Å². The Bertz CT molecular complexity index is 606. The third-order valence-electron chi connectivity index (χ3n) is 3.06. The summed E-state index contributed by atoms with van der Waals surface area (Å²) >= 11 is 1.63. The largest absolute Gasteiger partial charge is 0.366 e. The van der Waals surface area contributed by atoms with E-state index in [2.05, 4.69) is 14.8 Å². The van der Waals surface area contributed by atoms with Gasteiger partial charge in [0.1, 0.15) is 6.33 Å². The molecule has 3 rings (SSSR count). The topological polar surface area (TPSA) is 73.8 Å². The van der Waals surface area contributed by atoms with Crippen LogP contribution in [0.1, 0.15) is 34.8 Å². The highest BCUT2D eigenvalue weighted by Gasteiger charge is 2.26. The monoisotopic (exact) mass is 274 g/mol. The summed E-state index contributed by atoms with van der Waals surface area (Å²) in [6.45, 7) is 0. The number of rotatable bonds is 5. The number of hydrogen-bond acceptors (Lipinski definition) is 4. The van der Waals surface area contributed by atoms with Crippen LogP contribution in [0.3, 0.4) is 0 Å². The maximum Gasteiger partial charge on any atom is 0.248 e. The maximum absolute atomic E-state index is 11.1. The molecule has 1 saturated carbocycles. The fourth-order valence-corrected chi connectivity index (χ4v) is 2.83. The number of primary amides is 1. The normalized spacial score (nSPS) is 14.5. The van der Waals surface area contributed by atoms with Crippen molar-refractivity contribution in [2.45, 2.75) is 29.8 Å². The summed E-state index contributed by atoms with van der Waals surface area (Å²) < 4.78 is 2.13. The fraction of sp³-hybridized carbons (Fsp3) is 0.308. The van der Waals surface area contributed by atoms with Gasteiger partial charge in [0, 0.05) is 17.4 Å². The van der Waals surface area contributed by atoms with Crippen LogP contribution in [0.4, 0.5) is 0 Å². The number of benzene rings is 1. The van der Waals surface area contributed by atoms with Gasteiger partial charge in [0.15, 0.2) is 5.16 Å². The number of aromatic nitrogens is 3. The molecule has 98 valence electrons. The van der Waals surface area contributed by atoms with E-state index in [9.17, 15) is 4.79 Å². The lowest BCUT2D eigenvalue weighted by Crippen LogP contribution is -2.10. The summed E-state index contributed by atoms with van der Waals surface area (Å²) in [4.78, 5) is 11.1. The van der Waals surface area contributed by atoms with Crippen molar-refractivity contribution in [3.63, 3.8) is 0 Å². The third kappa shape index (κ3) is 2.78. The van der Waals surface area contributed by atoms with E-state index in [1.807, 2.05) is 18.2 Å². The average molecular weight is 274 g/mol. The minimum atomic E-state index is -0.395. The van der Waals surface area contributed by atoms with Crippen LogP contribution in [0.25, 0.3) is 0 Å². The summed E-state index contributed by atoms with van der Waals surface area (Å²) in [5.41, 5.74) is 6.88. The van der Waals surface area contributed by atoms with Crippen molar-refractivity contribution in [2.75, 3.05) is 0 Å². The molecular formula is C13H14N4OS. The molecule has 0 atom stereocenters. The molecule has 0 aliphatic heterocycles. The Hall–Kier alpha value is -1.82. The van der Waals surface area contributed by atoms with Crippen molar-refractivity contribution in [3.05, 3.63) is 41.7 Å². The number of hydrogen-bond donors (Lipinski definition) is 1. The number of amides is 1. The van der Waals surface area contributed by atoms with Gasteiger partial charge >= 0.3 is 0 Å². The summed E-state index contributed by atoms with van der Waals surface area (Å²) in [6, 6.07) is 7.96. The van der Waals surface area contributed by atoms with Crippen molar-refractivity contribution in [2.24, 2.45) is 5.73 Å². The Balaban J connectivity index is 1.70. The Kier molecular flexibility index (Phi) is 3.25. The third-order valence-corrected chi connectivity index (χ3v) is 4.09. The van der Waals surface area contributed by atoms with Gasteiger partial charge in [-0.05, 0) is 30.5 Å². The van der Waals surface area contributed by atoms with Gasteiger partial charge < -0.3 is 10.3 Å². The number of carbonyl (C=O) groups is 1. The molecule has 1 heterocycles. The highest BCUT2D eigenvalue weighted by molar-refractivity contribution is 7.98. The quantitative estimate of drug-likeness (QED) is 0.846. The minimum Gasteiger partial charge on any atom is -0.366 e. The molecule has 0 saturated heterocycles. The van der Waals surface area contributed by atoms with Crippen LogP contribution in [0.5, 0.6) is 0 Å². The zero-order valence-corrected chi connectivity index (χ0v) is 11.1. The number of carbonyl (C=O) groups excluding carboxylic acids is 1. The Morgan fingerprint density at radius 3 is 3.05 bits per heavy atom. The van der Waals surface area contributed by atoms with Crippen molar-refractivity contribution in [3.8, 4) is 0 Å². The second-order valence-electron chi connectivity index (χ2n) is 4.61. The first-order valence-corrected chi connectivity index (χ1v) is 7.13. The zero-order valence-electron chi connectivity index (χ0n) is 10.3. The fourth-order valence-electron chi connectivity index (χ4n) is 1.90. The van der Waals surface area contributed by atoms with E-state index >= 15 is 0 Å². The highest BCUT2D eigenvalue weighted by atomic mass is 32.2. The second kappa shape index (κ2) is 5.05. The first-order valence-electron chi connectivity index (χ1n) is 6.15. The van der Waals surface area contributed by atoms with Gasteiger partial charge in [-0.2, -0.15) is 0 Å². The summed E-state index contributed by atoms with van der Waals surface area (Å²) in [5, 5.41) is 9.03. The molecular weight excluding hydrogens is 260 g/mol. The molecule has 2 aromatic rings. The number of thioether (sulfide) groups is 1. The molecule has 0 bridgehead atoms. The minimum absolute atomic E-state index is 0.395. The van der Waals surface area contributed by atoms with Crippen LogP contribution in [-0.2, 0) is 5.75 Å². The molecule has 1 aliphatic carbocycles. The van der Waals surface area contributed by atoms with Crippen LogP contribution in [0.2, 0.25) is 0 Å². The van der Waals surface area contributed by atoms with Gasteiger partial charge in [0.25, 0.3) is 0 Å². The molecule has 2 N–H and O–H groups in total. The zero-order chi connectivity index (χ0) is 13.2. The van der Waals surface area contributed by atoms with E-state index in [4.69, 9.17) is 5.73 Å². The smallest absolute Gasteiger partial charge is 0.248 e. The molecule has 0 radical (unpaired) electrons. The van der Waals surface area contributed by atoms with Crippen molar-refractivity contribution < 1.29 is 4.79 Å². The van der Waals surface area contributed by atoms with E-state index in [-0.39, 0.29) is 0 Å². The van der Waals surface area contributed by atoms with Crippen molar-refractivity contribution >= 4 is 17.7 Å². The second-order valence-corrected chi connectivity index (χ2v) is 5.55. The summed E-state index contributed by atoms with van der Waals surface area (Å²) in [7, 11) is 0. The molecule has 0 unspecified atom stereocenters. The van der Waals surface area contributed by atoms with Crippen molar-refractivity contribution in [1.82, 2.24) is 14.8 Å². The Morgan fingerprint density at radius 2 is 2.32 bits per heavy atom. The van der Waals surface area contributed by atoms with Gasteiger partial charge in [-0.1, -0.05) is 23.9 Å². The van der Waals surface area contributed by atoms with E-state index < -0.39 is 5.91 Å². The molecule has 5 nitrogen and oxygen atoms in total. The Morgan fingerprint density at radius 1 is 1.47 bits per heavy atom. The summed E-state index contributed by atoms with van der Waals surface area (Å²) in [6.07, 6.45) is 4.21. The molecule has 1 aromatic carbocycles. The van der Waals surface area contributed by atoms with E-state index in [0.29, 0.717) is 11.6 Å². The Labute approximate surface area is 115 Å². The van der Waals surface area contributed by atoms with Crippen LogP contribution in [-0.4, -0.2) is 20.7 Å². The first kappa shape index (κ1) is 12.2. The van der Waals surface area contributed by atoms with E-state index in [1.54, 1.807) is 24.2 Å². The van der Waals surface area contributed by atoms with E-state index in [1.165, 1.54) is 12.8 Å². The highest BCUT2D eigenvalue weighted by Crippen LogP contribution is 2.37.